The minimum absolute atomic E-state index is 0.114. The van der Waals surface area contributed by atoms with E-state index in [-0.39, 0.29) is 10.5 Å². The first-order valence-electron chi connectivity index (χ1n) is 5.75. The molecule has 0 aliphatic rings. The molecule has 19 heavy (non-hydrogen) atoms. The predicted molar refractivity (Wildman–Crippen MR) is 88.8 cm³/mol. The summed E-state index contributed by atoms with van der Waals surface area (Å²) in [6.07, 6.45) is 0. The second-order valence-corrected chi connectivity index (χ2v) is 6.35. The van der Waals surface area contributed by atoms with Gasteiger partial charge in [-0.3, -0.25) is 0 Å². The van der Waals surface area contributed by atoms with E-state index in [9.17, 15) is 4.79 Å². The van der Waals surface area contributed by atoms with Crippen LogP contribution in [0.2, 0.25) is 0 Å². The second-order valence-electron chi connectivity index (χ2n) is 4.27. The fourth-order valence-corrected chi connectivity index (χ4v) is 3.88. The van der Waals surface area contributed by atoms with Crippen molar-refractivity contribution in [1.82, 2.24) is 9.97 Å². The molecular weight excluding hydrogens is 419 g/mol. The number of nitrogens with one attached hydrogen (secondary N) is 2. The van der Waals surface area contributed by atoms with Gasteiger partial charge < -0.3 is 9.97 Å². The Labute approximate surface area is 131 Å². The van der Waals surface area contributed by atoms with Crippen LogP contribution in [0.4, 0.5) is 0 Å². The zero-order valence-corrected chi connectivity index (χ0v) is 13.5. The molecule has 1 aromatic heterocycles. The minimum Gasteiger partial charge on any atom is -0.306 e. The number of H-pyrrole nitrogens is 2. The van der Waals surface area contributed by atoms with Crippen molar-refractivity contribution >= 4 is 49.6 Å². The Bertz CT molecular complexity index is 793. The Balaban J connectivity index is 2.08. The van der Waals surface area contributed by atoms with Crippen LogP contribution in [-0.4, -0.2) is 9.97 Å². The normalized spacial score (nSPS) is 12.7. The van der Waals surface area contributed by atoms with Crippen LogP contribution in [0.3, 0.4) is 0 Å². The Hall–Kier alpha value is -1.08. The number of benzene rings is 2. The number of imidazole rings is 1. The Morgan fingerprint density at radius 1 is 1.05 bits per heavy atom. The summed E-state index contributed by atoms with van der Waals surface area (Å²) in [6, 6.07) is 14.2. The maximum absolute atomic E-state index is 11.3. The number of hydrogen-bond donors (Lipinski definition) is 2. The lowest BCUT2D eigenvalue weighted by Gasteiger charge is -2.12. The van der Waals surface area contributed by atoms with Crippen LogP contribution in [0.15, 0.2) is 47.3 Å². The molecule has 0 aliphatic carbocycles. The summed E-state index contributed by atoms with van der Waals surface area (Å²) in [7, 11) is 0. The SMILES string of the molecule is O=c1[nH]c2ccc(C(Br)c3ccccc3I)cc2[nH]1. The highest BCUT2D eigenvalue weighted by Gasteiger charge is 2.13. The van der Waals surface area contributed by atoms with E-state index in [0.29, 0.717) is 0 Å². The van der Waals surface area contributed by atoms with Gasteiger partial charge in [-0.25, -0.2) is 4.79 Å². The van der Waals surface area contributed by atoms with Crippen molar-refractivity contribution < 1.29 is 0 Å². The summed E-state index contributed by atoms with van der Waals surface area (Å²) in [5.74, 6) is 0. The molecule has 0 amide bonds. The van der Waals surface area contributed by atoms with Gasteiger partial charge in [-0.1, -0.05) is 40.2 Å². The lowest BCUT2D eigenvalue weighted by molar-refractivity contribution is 1.17. The molecule has 0 fully saturated rings. The highest BCUT2D eigenvalue weighted by atomic mass is 127. The molecule has 2 aromatic carbocycles. The van der Waals surface area contributed by atoms with Gasteiger partial charge in [-0.05, 0) is 51.9 Å². The van der Waals surface area contributed by atoms with Crippen LogP contribution >= 0.6 is 38.5 Å². The molecule has 0 bridgehead atoms. The zero-order valence-electron chi connectivity index (χ0n) is 9.78. The fraction of sp³-hybridized carbons (Fsp3) is 0.0714. The van der Waals surface area contributed by atoms with Crippen LogP contribution in [0.5, 0.6) is 0 Å². The lowest BCUT2D eigenvalue weighted by Crippen LogP contribution is -1.99. The lowest BCUT2D eigenvalue weighted by atomic mass is 10.0. The number of fused-ring (bicyclic) bond motifs is 1. The van der Waals surface area contributed by atoms with Crippen LogP contribution in [0, 0.1) is 3.57 Å². The van der Waals surface area contributed by atoms with Gasteiger partial charge in [-0.2, -0.15) is 0 Å². The summed E-state index contributed by atoms with van der Waals surface area (Å²) >= 11 is 6.06. The molecule has 1 unspecified atom stereocenters. The molecule has 3 aromatic rings. The molecule has 1 atom stereocenters. The van der Waals surface area contributed by atoms with E-state index < -0.39 is 0 Å². The van der Waals surface area contributed by atoms with Gasteiger partial charge in [-0.15, -0.1) is 0 Å². The first-order chi connectivity index (χ1) is 9.15. The molecule has 1 heterocycles. The maximum atomic E-state index is 11.3. The summed E-state index contributed by atoms with van der Waals surface area (Å²) in [4.78, 5) is 16.9. The van der Waals surface area contributed by atoms with E-state index >= 15 is 0 Å². The van der Waals surface area contributed by atoms with Gasteiger partial charge in [0.1, 0.15) is 0 Å². The van der Waals surface area contributed by atoms with Crippen molar-refractivity contribution in [3.05, 3.63) is 67.6 Å². The first-order valence-corrected chi connectivity index (χ1v) is 7.75. The maximum Gasteiger partial charge on any atom is 0.323 e. The third-order valence-corrected chi connectivity index (χ3v) is 5.02. The van der Waals surface area contributed by atoms with Gasteiger partial charge in [0.05, 0.1) is 15.9 Å². The van der Waals surface area contributed by atoms with Crippen LogP contribution in [0.25, 0.3) is 11.0 Å². The number of rotatable bonds is 2. The van der Waals surface area contributed by atoms with Crippen molar-refractivity contribution in [2.24, 2.45) is 0 Å². The number of alkyl halides is 1. The van der Waals surface area contributed by atoms with E-state index in [1.165, 1.54) is 9.13 Å². The van der Waals surface area contributed by atoms with E-state index in [2.05, 4.69) is 60.6 Å². The molecule has 0 saturated heterocycles. The minimum atomic E-state index is -0.174. The standard InChI is InChI=1S/C14H10BrIN2O/c15-13(9-3-1-2-4-10(9)16)8-5-6-11-12(7-8)18-14(19)17-11/h1-7,13H,(H2,17,18,19). The highest BCUT2D eigenvalue weighted by molar-refractivity contribution is 14.1. The largest absolute Gasteiger partial charge is 0.323 e. The summed E-state index contributed by atoms with van der Waals surface area (Å²) in [5.41, 5.74) is 3.83. The molecule has 3 rings (SSSR count). The summed E-state index contributed by atoms with van der Waals surface area (Å²) < 4.78 is 1.21. The molecule has 0 aliphatic heterocycles. The smallest absolute Gasteiger partial charge is 0.306 e. The van der Waals surface area contributed by atoms with Gasteiger partial charge in [0, 0.05) is 3.57 Å². The number of aromatic nitrogens is 2. The van der Waals surface area contributed by atoms with Gasteiger partial charge >= 0.3 is 5.69 Å². The van der Waals surface area contributed by atoms with Gasteiger partial charge in [0.25, 0.3) is 0 Å². The highest BCUT2D eigenvalue weighted by Crippen LogP contribution is 2.34. The van der Waals surface area contributed by atoms with E-state index in [1.54, 1.807) is 0 Å². The molecule has 0 saturated carbocycles. The van der Waals surface area contributed by atoms with Crippen molar-refractivity contribution in [2.45, 2.75) is 4.83 Å². The first kappa shape index (κ1) is 12.9. The molecule has 2 N–H and O–H groups in total. The van der Waals surface area contributed by atoms with Crippen LogP contribution in [0.1, 0.15) is 16.0 Å². The molecule has 5 heteroatoms. The molecule has 3 nitrogen and oxygen atoms in total. The third kappa shape index (κ3) is 2.49. The van der Waals surface area contributed by atoms with Crippen LogP contribution < -0.4 is 5.69 Å². The molecular formula is C14H10BrIN2O. The van der Waals surface area contributed by atoms with Crippen molar-refractivity contribution in [3.8, 4) is 0 Å². The van der Waals surface area contributed by atoms with Gasteiger partial charge in [0.15, 0.2) is 0 Å². The summed E-state index contributed by atoms with van der Waals surface area (Å²) in [5, 5.41) is 0. The monoisotopic (exact) mass is 428 g/mol. The van der Waals surface area contributed by atoms with Crippen molar-refractivity contribution in [2.75, 3.05) is 0 Å². The average Bonchev–Trinajstić information content (AvgIpc) is 2.77. The number of halogens is 2. The predicted octanol–water partition coefficient (Wildman–Crippen LogP) is 3.95. The number of hydrogen-bond acceptors (Lipinski definition) is 1. The number of aromatic amines is 2. The summed E-state index contributed by atoms with van der Waals surface area (Å²) in [6.45, 7) is 0. The van der Waals surface area contributed by atoms with E-state index in [4.69, 9.17) is 0 Å². The third-order valence-electron chi connectivity index (χ3n) is 3.01. The van der Waals surface area contributed by atoms with Crippen molar-refractivity contribution in [3.63, 3.8) is 0 Å². The van der Waals surface area contributed by atoms with Gasteiger partial charge in [0.2, 0.25) is 0 Å². The topological polar surface area (TPSA) is 48.6 Å². The fourth-order valence-electron chi connectivity index (χ4n) is 2.07. The van der Waals surface area contributed by atoms with E-state index in [1.807, 2.05) is 30.3 Å². The van der Waals surface area contributed by atoms with Crippen molar-refractivity contribution in [1.29, 1.82) is 0 Å². The van der Waals surface area contributed by atoms with E-state index in [0.717, 1.165) is 16.6 Å². The second kappa shape index (κ2) is 5.13. The molecule has 0 spiro atoms. The Morgan fingerprint density at radius 2 is 1.79 bits per heavy atom. The van der Waals surface area contributed by atoms with Crippen LogP contribution in [-0.2, 0) is 0 Å². The molecule has 0 radical (unpaired) electrons. The average molecular weight is 429 g/mol. The molecule has 96 valence electrons. The Morgan fingerprint density at radius 3 is 2.58 bits per heavy atom. The quantitative estimate of drug-likeness (QED) is 0.471. The zero-order chi connectivity index (χ0) is 13.4. The Kier molecular flexibility index (Phi) is 3.49.